The maximum atomic E-state index is 11.9. The first-order valence-electron chi connectivity index (χ1n) is 8.44. The van der Waals surface area contributed by atoms with Crippen LogP contribution in [0.15, 0.2) is 54.9 Å². The third kappa shape index (κ3) is 4.41. The number of nitrogens with one attached hydrogen (secondary N) is 1. The van der Waals surface area contributed by atoms with Crippen LogP contribution in [-0.2, 0) is 9.47 Å². The molecule has 0 saturated carbocycles. The summed E-state index contributed by atoms with van der Waals surface area (Å²) in [5.41, 5.74) is 7.46. The minimum Gasteiger partial charge on any atom is -0.465 e. The summed E-state index contributed by atoms with van der Waals surface area (Å²) in [5, 5.41) is 3.00. The molecule has 0 amide bonds. The van der Waals surface area contributed by atoms with Gasteiger partial charge in [-0.05, 0) is 36.4 Å². The highest BCUT2D eigenvalue weighted by atomic mass is 16.5. The fraction of sp³-hybridized carbons (Fsp3) is 0.100. The van der Waals surface area contributed by atoms with Crippen molar-refractivity contribution in [1.82, 2.24) is 9.97 Å². The van der Waals surface area contributed by atoms with Crippen molar-refractivity contribution >= 4 is 29.1 Å². The third-order valence-electron chi connectivity index (χ3n) is 3.92. The van der Waals surface area contributed by atoms with Gasteiger partial charge in [-0.15, -0.1) is 0 Å². The normalized spacial score (nSPS) is 10.1. The molecular weight excluding hydrogens is 376 g/mol. The van der Waals surface area contributed by atoms with Crippen molar-refractivity contribution in [3.8, 4) is 11.6 Å². The number of nitrogens with zero attached hydrogens (tertiary/aromatic N) is 2. The maximum Gasteiger partial charge on any atom is 0.339 e. The van der Waals surface area contributed by atoms with E-state index in [0.717, 1.165) is 0 Å². The molecule has 0 aliphatic rings. The van der Waals surface area contributed by atoms with Crippen LogP contribution in [0.5, 0.6) is 11.6 Å². The van der Waals surface area contributed by atoms with E-state index in [1.165, 1.54) is 20.5 Å². The van der Waals surface area contributed by atoms with Crippen LogP contribution in [0, 0.1) is 0 Å². The SMILES string of the molecule is COC(=O)c1ccc(Oc2ncnc(Nc3ccccc3C(=O)OC)c2N)cc1. The molecule has 0 spiro atoms. The standard InChI is InChI=1S/C20H18N4O5/c1-27-19(25)12-7-9-13(10-8-12)29-18-16(21)17(22-11-23-18)24-15-6-4-3-5-14(15)20(26)28-2/h3-11H,21H2,1-2H3,(H,22,23,24). The summed E-state index contributed by atoms with van der Waals surface area (Å²) in [6.07, 6.45) is 1.28. The molecule has 2 aromatic carbocycles. The number of hydrogen-bond donors (Lipinski definition) is 2. The summed E-state index contributed by atoms with van der Waals surface area (Å²) in [7, 11) is 2.61. The first-order chi connectivity index (χ1) is 14.0. The number of hydrogen-bond acceptors (Lipinski definition) is 9. The zero-order valence-electron chi connectivity index (χ0n) is 15.7. The number of carbonyl (C=O) groups excluding carboxylic acids is 2. The Labute approximate surface area is 166 Å². The molecule has 0 saturated heterocycles. The summed E-state index contributed by atoms with van der Waals surface area (Å²) in [4.78, 5) is 31.6. The van der Waals surface area contributed by atoms with E-state index in [4.69, 9.17) is 15.2 Å². The number of aromatic nitrogens is 2. The van der Waals surface area contributed by atoms with Gasteiger partial charge in [0.05, 0.1) is 31.0 Å². The quantitative estimate of drug-likeness (QED) is 0.606. The van der Waals surface area contributed by atoms with E-state index in [2.05, 4.69) is 20.0 Å². The Kier molecular flexibility index (Phi) is 5.88. The van der Waals surface area contributed by atoms with E-state index in [0.29, 0.717) is 22.6 Å². The van der Waals surface area contributed by atoms with Gasteiger partial charge in [0.2, 0.25) is 5.88 Å². The van der Waals surface area contributed by atoms with Gasteiger partial charge in [-0.2, -0.15) is 4.98 Å². The molecule has 0 atom stereocenters. The zero-order valence-corrected chi connectivity index (χ0v) is 15.7. The van der Waals surface area contributed by atoms with Crippen molar-refractivity contribution in [2.75, 3.05) is 25.3 Å². The third-order valence-corrected chi connectivity index (χ3v) is 3.92. The van der Waals surface area contributed by atoms with E-state index < -0.39 is 11.9 Å². The number of methoxy groups -OCH3 is 2. The van der Waals surface area contributed by atoms with Gasteiger partial charge in [0.15, 0.2) is 5.82 Å². The van der Waals surface area contributed by atoms with Gasteiger partial charge < -0.3 is 25.3 Å². The van der Waals surface area contributed by atoms with Gasteiger partial charge in [0.1, 0.15) is 17.8 Å². The molecule has 9 heteroatoms. The Morgan fingerprint density at radius 2 is 1.62 bits per heavy atom. The highest BCUT2D eigenvalue weighted by molar-refractivity contribution is 5.96. The fourth-order valence-corrected chi connectivity index (χ4v) is 2.46. The first-order valence-corrected chi connectivity index (χ1v) is 8.44. The van der Waals surface area contributed by atoms with Crippen molar-refractivity contribution < 1.29 is 23.8 Å². The van der Waals surface area contributed by atoms with Crippen LogP contribution in [0.1, 0.15) is 20.7 Å². The van der Waals surface area contributed by atoms with Gasteiger partial charge in [-0.3, -0.25) is 0 Å². The molecule has 0 radical (unpaired) electrons. The Hall–Kier alpha value is -4.14. The molecule has 0 fully saturated rings. The second kappa shape index (κ2) is 8.70. The number of carbonyl (C=O) groups is 2. The van der Waals surface area contributed by atoms with Crippen LogP contribution in [0.3, 0.4) is 0 Å². The number of benzene rings is 2. The van der Waals surface area contributed by atoms with Crippen LogP contribution < -0.4 is 15.8 Å². The van der Waals surface area contributed by atoms with Gasteiger partial charge in [-0.25, -0.2) is 14.6 Å². The van der Waals surface area contributed by atoms with Crippen molar-refractivity contribution in [2.45, 2.75) is 0 Å². The highest BCUT2D eigenvalue weighted by Gasteiger charge is 2.15. The molecule has 0 aliphatic carbocycles. The molecule has 1 aromatic heterocycles. The van der Waals surface area contributed by atoms with Crippen LogP contribution in [0.4, 0.5) is 17.2 Å². The van der Waals surface area contributed by atoms with Crippen molar-refractivity contribution in [3.05, 3.63) is 66.0 Å². The molecule has 3 N–H and O–H groups in total. The van der Waals surface area contributed by atoms with Crippen LogP contribution in [-0.4, -0.2) is 36.1 Å². The number of nitrogen functional groups attached to an aromatic ring is 1. The fourth-order valence-electron chi connectivity index (χ4n) is 2.46. The molecule has 0 bridgehead atoms. The van der Waals surface area contributed by atoms with Gasteiger partial charge in [0, 0.05) is 0 Å². The van der Waals surface area contributed by atoms with E-state index in [1.54, 1.807) is 48.5 Å². The van der Waals surface area contributed by atoms with Crippen molar-refractivity contribution in [1.29, 1.82) is 0 Å². The number of anilines is 3. The molecule has 0 aliphatic heterocycles. The molecule has 9 nitrogen and oxygen atoms in total. The van der Waals surface area contributed by atoms with Crippen LogP contribution >= 0.6 is 0 Å². The highest BCUT2D eigenvalue weighted by Crippen LogP contribution is 2.32. The molecule has 148 valence electrons. The monoisotopic (exact) mass is 394 g/mol. The topological polar surface area (TPSA) is 126 Å². The lowest BCUT2D eigenvalue weighted by Gasteiger charge is -2.13. The molecule has 3 rings (SSSR count). The van der Waals surface area contributed by atoms with Gasteiger partial charge >= 0.3 is 11.9 Å². The van der Waals surface area contributed by atoms with E-state index >= 15 is 0 Å². The number of para-hydroxylation sites is 1. The Morgan fingerprint density at radius 3 is 2.31 bits per heavy atom. The predicted octanol–water partition coefficient (Wildman–Crippen LogP) is 3.17. The van der Waals surface area contributed by atoms with Crippen molar-refractivity contribution in [2.24, 2.45) is 0 Å². The van der Waals surface area contributed by atoms with Gasteiger partial charge in [-0.1, -0.05) is 12.1 Å². The number of rotatable bonds is 6. The lowest BCUT2D eigenvalue weighted by molar-refractivity contribution is 0.0592. The van der Waals surface area contributed by atoms with E-state index in [9.17, 15) is 9.59 Å². The minimum atomic E-state index is -0.497. The summed E-state index contributed by atoms with van der Waals surface area (Å²) in [6.45, 7) is 0. The Bertz CT molecular complexity index is 1040. The average Bonchev–Trinajstić information content (AvgIpc) is 2.76. The van der Waals surface area contributed by atoms with Crippen molar-refractivity contribution in [3.63, 3.8) is 0 Å². The zero-order chi connectivity index (χ0) is 20.8. The second-order valence-corrected chi connectivity index (χ2v) is 5.72. The summed E-state index contributed by atoms with van der Waals surface area (Å²) >= 11 is 0. The smallest absolute Gasteiger partial charge is 0.339 e. The minimum absolute atomic E-state index is 0.115. The molecule has 1 heterocycles. The molecule has 29 heavy (non-hydrogen) atoms. The molecular formula is C20H18N4O5. The number of ether oxygens (including phenoxy) is 3. The van der Waals surface area contributed by atoms with E-state index in [-0.39, 0.29) is 17.4 Å². The lowest BCUT2D eigenvalue weighted by atomic mass is 10.2. The predicted molar refractivity (Wildman–Crippen MR) is 105 cm³/mol. The lowest BCUT2D eigenvalue weighted by Crippen LogP contribution is -2.08. The summed E-state index contributed by atoms with van der Waals surface area (Å²) in [6, 6.07) is 13.1. The number of nitrogens with two attached hydrogens (primary N) is 1. The van der Waals surface area contributed by atoms with Gasteiger partial charge in [0.25, 0.3) is 0 Å². The Balaban J connectivity index is 1.84. The number of esters is 2. The molecule has 0 unspecified atom stereocenters. The summed E-state index contributed by atoms with van der Waals surface area (Å²) < 4.78 is 15.1. The van der Waals surface area contributed by atoms with Crippen LogP contribution in [0.2, 0.25) is 0 Å². The van der Waals surface area contributed by atoms with Crippen LogP contribution in [0.25, 0.3) is 0 Å². The second-order valence-electron chi connectivity index (χ2n) is 5.72. The molecule has 3 aromatic rings. The largest absolute Gasteiger partial charge is 0.465 e. The van der Waals surface area contributed by atoms with E-state index in [1.807, 2.05) is 0 Å². The average molecular weight is 394 g/mol. The summed E-state index contributed by atoms with van der Waals surface area (Å²) in [5.74, 6) is -0.151. The maximum absolute atomic E-state index is 11.9. The Morgan fingerprint density at radius 1 is 0.931 bits per heavy atom. The first kappa shape index (κ1) is 19.6.